The number of methoxy groups -OCH3 is 2. The van der Waals surface area contributed by atoms with E-state index < -0.39 is 4.92 Å². The van der Waals surface area contributed by atoms with Crippen molar-refractivity contribution in [1.82, 2.24) is 9.80 Å². The number of nitro benzene ring substituents is 1. The summed E-state index contributed by atoms with van der Waals surface area (Å²) in [4.78, 5) is 39.8. The van der Waals surface area contributed by atoms with Gasteiger partial charge in [0.15, 0.2) is 0 Å². The van der Waals surface area contributed by atoms with E-state index in [1.807, 2.05) is 34.1 Å². The van der Waals surface area contributed by atoms with Crippen LogP contribution in [0.25, 0.3) is 0 Å². The highest BCUT2D eigenvalue weighted by Crippen LogP contribution is 2.29. The number of hydrogen-bond donors (Lipinski definition) is 1. The Kier molecular flexibility index (Phi) is 8.80. The Morgan fingerprint density at radius 1 is 1.00 bits per heavy atom. The van der Waals surface area contributed by atoms with Gasteiger partial charge in [-0.25, -0.2) is 0 Å². The second-order valence-corrected chi connectivity index (χ2v) is 8.05. The number of carbonyl (C=O) groups excluding carboxylic acids is 2. The molecule has 1 aliphatic heterocycles. The third-order valence-electron chi connectivity index (χ3n) is 5.77. The molecule has 0 bridgehead atoms. The summed E-state index contributed by atoms with van der Waals surface area (Å²) < 4.78 is 10.2. The summed E-state index contributed by atoms with van der Waals surface area (Å²) in [5.74, 6) is 0.880. The first kappa shape index (κ1) is 25.0. The Bertz CT molecular complexity index is 1010. The van der Waals surface area contributed by atoms with Crippen molar-refractivity contribution in [3.63, 3.8) is 0 Å². The van der Waals surface area contributed by atoms with Crippen molar-refractivity contribution in [2.75, 3.05) is 52.3 Å². The molecule has 10 nitrogen and oxygen atoms in total. The fourth-order valence-electron chi connectivity index (χ4n) is 3.87. The SMILES string of the molecule is COc1ccc(CCC(=O)N2CCCN(CC(=O)Nc3ccc(OC)cc3[N+](=O)[O-])CC2)cc1. The van der Waals surface area contributed by atoms with Crippen molar-refractivity contribution >= 4 is 23.2 Å². The van der Waals surface area contributed by atoms with Gasteiger partial charge in [0.2, 0.25) is 11.8 Å². The van der Waals surface area contributed by atoms with Crippen molar-refractivity contribution in [3.05, 3.63) is 58.1 Å². The number of carbonyl (C=O) groups is 2. The Labute approximate surface area is 198 Å². The number of hydrogen-bond acceptors (Lipinski definition) is 7. The lowest BCUT2D eigenvalue weighted by atomic mass is 10.1. The van der Waals surface area contributed by atoms with Crippen molar-refractivity contribution in [2.45, 2.75) is 19.3 Å². The van der Waals surface area contributed by atoms with E-state index in [9.17, 15) is 19.7 Å². The zero-order chi connectivity index (χ0) is 24.5. The van der Waals surface area contributed by atoms with Crippen LogP contribution in [0.15, 0.2) is 42.5 Å². The molecule has 182 valence electrons. The molecule has 0 saturated carbocycles. The van der Waals surface area contributed by atoms with Crippen LogP contribution in [0.3, 0.4) is 0 Å². The quantitative estimate of drug-likeness (QED) is 0.443. The molecule has 0 aromatic heterocycles. The maximum Gasteiger partial charge on any atom is 0.296 e. The lowest BCUT2D eigenvalue weighted by Gasteiger charge is -2.22. The van der Waals surface area contributed by atoms with Gasteiger partial charge >= 0.3 is 0 Å². The average molecular weight is 471 g/mol. The minimum Gasteiger partial charge on any atom is -0.497 e. The highest BCUT2D eigenvalue weighted by Gasteiger charge is 2.22. The molecule has 2 amide bonds. The van der Waals surface area contributed by atoms with Gasteiger partial charge in [0.1, 0.15) is 17.2 Å². The number of amides is 2. The van der Waals surface area contributed by atoms with Gasteiger partial charge in [-0.2, -0.15) is 0 Å². The third kappa shape index (κ3) is 6.92. The zero-order valence-corrected chi connectivity index (χ0v) is 19.5. The first-order valence-electron chi connectivity index (χ1n) is 11.1. The van der Waals surface area contributed by atoms with Crippen LogP contribution < -0.4 is 14.8 Å². The molecule has 34 heavy (non-hydrogen) atoms. The van der Waals surface area contributed by atoms with Crippen molar-refractivity contribution in [2.24, 2.45) is 0 Å². The Balaban J connectivity index is 1.48. The Hall–Kier alpha value is -3.66. The van der Waals surface area contributed by atoms with Crippen LogP contribution >= 0.6 is 0 Å². The maximum atomic E-state index is 12.7. The molecule has 1 heterocycles. The number of nitrogens with one attached hydrogen (secondary N) is 1. The van der Waals surface area contributed by atoms with E-state index in [1.54, 1.807) is 13.2 Å². The molecule has 2 aromatic carbocycles. The van der Waals surface area contributed by atoms with Crippen LogP contribution in [0.1, 0.15) is 18.4 Å². The summed E-state index contributed by atoms with van der Waals surface area (Å²) in [5, 5.41) is 13.9. The molecule has 1 fully saturated rings. The van der Waals surface area contributed by atoms with E-state index in [0.717, 1.165) is 17.7 Å². The van der Waals surface area contributed by atoms with Gasteiger partial charge in [0.25, 0.3) is 5.69 Å². The topological polar surface area (TPSA) is 114 Å². The Morgan fingerprint density at radius 2 is 1.71 bits per heavy atom. The molecule has 1 N–H and O–H groups in total. The van der Waals surface area contributed by atoms with Crippen molar-refractivity contribution in [3.8, 4) is 11.5 Å². The number of aryl methyl sites for hydroxylation is 1. The van der Waals surface area contributed by atoms with Gasteiger partial charge in [-0.1, -0.05) is 12.1 Å². The predicted molar refractivity (Wildman–Crippen MR) is 127 cm³/mol. The minimum atomic E-state index is -0.556. The zero-order valence-electron chi connectivity index (χ0n) is 19.5. The van der Waals surface area contributed by atoms with E-state index in [-0.39, 0.29) is 29.7 Å². The van der Waals surface area contributed by atoms with Crippen LogP contribution in [0.5, 0.6) is 11.5 Å². The first-order chi connectivity index (χ1) is 16.4. The number of rotatable bonds is 9. The largest absolute Gasteiger partial charge is 0.497 e. The predicted octanol–water partition coefficient (Wildman–Crippen LogP) is 2.72. The van der Waals surface area contributed by atoms with Gasteiger partial charge in [-0.05, 0) is 42.7 Å². The molecule has 0 spiro atoms. The van der Waals surface area contributed by atoms with Gasteiger partial charge in [0.05, 0.1) is 31.8 Å². The second kappa shape index (κ2) is 12.0. The van der Waals surface area contributed by atoms with Crippen LogP contribution in [-0.4, -0.2) is 73.5 Å². The van der Waals surface area contributed by atoms with E-state index >= 15 is 0 Å². The lowest BCUT2D eigenvalue weighted by Crippen LogP contribution is -2.38. The fourth-order valence-corrected chi connectivity index (χ4v) is 3.87. The molecule has 0 unspecified atom stereocenters. The summed E-state index contributed by atoms with van der Waals surface area (Å²) in [6.45, 7) is 2.50. The summed E-state index contributed by atoms with van der Waals surface area (Å²) in [6, 6.07) is 12.0. The van der Waals surface area contributed by atoms with Crippen LogP contribution in [0.4, 0.5) is 11.4 Å². The van der Waals surface area contributed by atoms with E-state index in [0.29, 0.717) is 44.8 Å². The highest BCUT2D eigenvalue weighted by atomic mass is 16.6. The molecule has 10 heteroatoms. The Morgan fingerprint density at radius 3 is 2.38 bits per heavy atom. The third-order valence-corrected chi connectivity index (χ3v) is 5.77. The summed E-state index contributed by atoms with van der Waals surface area (Å²) in [6.07, 6.45) is 1.84. The van der Waals surface area contributed by atoms with E-state index in [4.69, 9.17) is 9.47 Å². The van der Waals surface area contributed by atoms with Gasteiger partial charge in [0, 0.05) is 32.6 Å². The van der Waals surface area contributed by atoms with Crippen LogP contribution in [0, 0.1) is 10.1 Å². The fraction of sp³-hybridized carbons (Fsp3) is 0.417. The smallest absolute Gasteiger partial charge is 0.296 e. The average Bonchev–Trinajstić information content (AvgIpc) is 3.08. The lowest BCUT2D eigenvalue weighted by molar-refractivity contribution is -0.384. The van der Waals surface area contributed by atoms with E-state index in [1.165, 1.54) is 19.2 Å². The monoisotopic (exact) mass is 470 g/mol. The first-order valence-corrected chi connectivity index (χ1v) is 11.1. The van der Waals surface area contributed by atoms with Crippen LogP contribution in [0.2, 0.25) is 0 Å². The molecule has 3 rings (SSSR count). The van der Waals surface area contributed by atoms with Gasteiger partial charge in [-0.3, -0.25) is 24.6 Å². The summed E-state index contributed by atoms with van der Waals surface area (Å²) in [5.41, 5.74) is 0.980. The van der Waals surface area contributed by atoms with Gasteiger partial charge < -0.3 is 19.7 Å². The van der Waals surface area contributed by atoms with Crippen LogP contribution in [-0.2, 0) is 16.0 Å². The molecule has 2 aromatic rings. The standard InChI is InChI=1S/C24H30N4O6/c1-33-19-7-4-18(5-8-19)6-11-24(30)27-13-3-12-26(14-15-27)17-23(29)25-21-10-9-20(34-2)16-22(21)28(31)32/h4-5,7-10,16H,3,6,11-15,17H2,1-2H3,(H,25,29). The molecular formula is C24H30N4O6. The number of ether oxygens (including phenoxy) is 2. The number of nitrogens with zero attached hydrogens (tertiary/aromatic N) is 3. The molecule has 0 aliphatic carbocycles. The second-order valence-electron chi connectivity index (χ2n) is 8.05. The number of benzene rings is 2. The van der Waals surface area contributed by atoms with Gasteiger partial charge in [-0.15, -0.1) is 0 Å². The maximum absolute atomic E-state index is 12.7. The van der Waals surface area contributed by atoms with Crippen molar-refractivity contribution < 1.29 is 24.0 Å². The normalized spacial score (nSPS) is 14.2. The number of nitro groups is 1. The molecule has 1 aliphatic rings. The van der Waals surface area contributed by atoms with Crippen molar-refractivity contribution in [1.29, 1.82) is 0 Å². The highest BCUT2D eigenvalue weighted by molar-refractivity contribution is 5.94. The molecule has 0 atom stereocenters. The number of anilines is 1. The van der Waals surface area contributed by atoms with E-state index in [2.05, 4.69) is 5.32 Å². The summed E-state index contributed by atoms with van der Waals surface area (Å²) >= 11 is 0. The summed E-state index contributed by atoms with van der Waals surface area (Å²) in [7, 11) is 3.04. The minimum absolute atomic E-state index is 0.0935. The molecule has 1 saturated heterocycles. The molecule has 0 radical (unpaired) electrons. The molecular weight excluding hydrogens is 440 g/mol.